The highest BCUT2D eigenvalue weighted by Crippen LogP contribution is 2.31. The van der Waals surface area contributed by atoms with Crippen LogP contribution >= 0.6 is 0 Å². The quantitative estimate of drug-likeness (QED) is 0.309. The van der Waals surface area contributed by atoms with Gasteiger partial charge in [0.25, 0.3) is 0 Å². The van der Waals surface area contributed by atoms with Gasteiger partial charge in [0.2, 0.25) is 0 Å². The molecule has 1 heterocycles. The molecule has 5 nitrogen and oxygen atoms in total. The molecule has 0 aliphatic carbocycles. The molecular weight excluding hydrogens is 404 g/mol. The molecule has 1 aliphatic heterocycles. The summed E-state index contributed by atoms with van der Waals surface area (Å²) in [7, 11) is -2.65. The Morgan fingerprint density at radius 3 is 2.13 bits per heavy atom. The van der Waals surface area contributed by atoms with Gasteiger partial charge in [-0.05, 0) is 57.2 Å². The maximum atomic E-state index is 6.10. The molecule has 0 bridgehead atoms. The molecule has 1 aromatic rings. The maximum Gasteiger partial charge on any atom is 0.503 e. The molecule has 0 amide bonds. The summed E-state index contributed by atoms with van der Waals surface area (Å²) in [4.78, 5) is 4.76. The van der Waals surface area contributed by atoms with Crippen LogP contribution in [0.2, 0.25) is 5.54 Å². The molecule has 1 aliphatic rings. The van der Waals surface area contributed by atoms with Crippen molar-refractivity contribution in [3.05, 3.63) is 41.7 Å². The Labute approximate surface area is 191 Å². The van der Waals surface area contributed by atoms with Gasteiger partial charge in [-0.3, -0.25) is 0 Å². The number of hydrogen-bond donors (Lipinski definition) is 0. The molecule has 0 aromatic heterocycles. The third kappa shape index (κ3) is 7.07. The summed E-state index contributed by atoms with van der Waals surface area (Å²) in [6.45, 7) is 16.5. The third-order valence-electron chi connectivity index (χ3n) is 5.79. The van der Waals surface area contributed by atoms with Gasteiger partial charge >= 0.3 is 8.80 Å². The summed E-state index contributed by atoms with van der Waals surface area (Å²) in [6, 6.07) is 7.01. The standard InChI is InChI=1S/C25H44N2O3Si/c1-7-12-23-14-15-25(24(20-23)13-8-2)27-19-18-26(21-27)17-16-22(6)31(28-9-3,29-10-4)30-11-5/h14-15,18-20,22H,7-13,16-17,21H2,1-6H3. The van der Waals surface area contributed by atoms with Gasteiger partial charge in [-0.15, -0.1) is 0 Å². The van der Waals surface area contributed by atoms with Crippen molar-refractivity contribution in [3.8, 4) is 0 Å². The molecule has 2 rings (SSSR count). The zero-order valence-corrected chi connectivity index (χ0v) is 21.7. The van der Waals surface area contributed by atoms with Gasteiger partial charge in [-0.2, -0.15) is 0 Å². The molecule has 0 saturated carbocycles. The summed E-state index contributed by atoms with van der Waals surface area (Å²) in [6.07, 6.45) is 10.1. The van der Waals surface area contributed by atoms with E-state index in [0.29, 0.717) is 19.8 Å². The first kappa shape index (κ1) is 25.9. The minimum atomic E-state index is -2.65. The molecule has 1 atom stereocenters. The van der Waals surface area contributed by atoms with Crippen molar-refractivity contribution in [3.63, 3.8) is 0 Å². The minimum absolute atomic E-state index is 0.263. The topological polar surface area (TPSA) is 34.2 Å². The molecule has 0 spiro atoms. The van der Waals surface area contributed by atoms with Gasteiger partial charge in [0.15, 0.2) is 0 Å². The average molecular weight is 449 g/mol. The Balaban J connectivity index is 2.01. The van der Waals surface area contributed by atoms with Crippen molar-refractivity contribution in [2.45, 2.75) is 79.2 Å². The summed E-state index contributed by atoms with van der Waals surface area (Å²) in [5, 5.41) is 0. The molecule has 6 heteroatoms. The van der Waals surface area contributed by atoms with Crippen molar-refractivity contribution < 1.29 is 13.3 Å². The van der Waals surface area contributed by atoms with Gasteiger partial charge in [0.1, 0.15) is 0 Å². The van der Waals surface area contributed by atoms with Crippen molar-refractivity contribution in [1.82, 2.24) is 4.90 Å². The van der Waals surface area contributed by atoms with E-state index in [1.54, 1.807) is 0 Å². The molecule has 176 valence electrons. The van der Waals surface area contributed by atoms with E-state index in [1.807, 2.05) is 20.8 Å². The molecular formula is C25H44N2O3Si. The second-order valence-electron chi connectivity index (χ2n) is 8.28. The molecule has 31 heavy (non-hydrogen) atoms. The summed E-state index contributed by atoms with van der Waals surface area (Å²) in [5.41, 5.74) is 4.52. The van der Waals surface area contributed by atoms with Gasteiger partial charge in [-0.25, -0.2) is 0 Å². The number of anilines is 1. The average Bonchev–Trinajstić information content (AvgIpc) is 3.22. The summed E-state index contributed by atoms with van der Waals surface area (Å²) < 4.78 is 18.3. The first-order chi connectivity index (χ1) is 15.0. The molecule has 0 fully saturated rings. The number of hydrogen-bond acceptors (Lipinski definition) is 5. The van der Waals surface area contributed by atoms with E-state index in [0.717, 1.165) is 32.5 Å². The van der Waals surface area contributed by atoms with Gasteiger partial charge in [0, 0.05) is 50.0 Å². The molecule has 0 radical (unpaired) electrons. The Kier molecular flexibility index (Phi) is 11.1. The van der Waals surface area contributed by atoms with Crippen LogP contribution in [0.4, 0.5) is 5.69 Å². The number of aryl methyl sites for hydroxylation is 2. The van der Waals surface area contributed by atoms with E-state index in [9.17, 15) is 0 Å². The van der Waals surface area contributed by atoms with Crippen LogP contribution in [0.25, 0.3) is 0 Å². The Morgan fingerprint density at radius 2 is 1.55 bits per heavy atom. The highest BCUT2D eigenvalue weighted by atomic mass is 28.4. The third-order valence-corrected chi connectivity index (χ3v) is 9.36. The molecule has 1 unspecified atom stereocenters. The van der Waals surface area contributed by atoms with Gasteiger partial charge in [-0.1, -0.05) is 45.7 Å². The predicted octanol–water partition coefficient (Wildman–Crippen LogP) is 5.97. The van der Waals surface area contributed by atoms with Crippen LogP contribution in [0.5, 0.6) is 0 Å². The maximum absolute atomic E-state index is 6.10. The van der Waals surface area contributed by atoms with Crippen molar-refractivity contribution in [1.29, 1.82) is 0 Å². The largest absolute Gasteiger partial charge is 0.503 e. The molecule has 1 aromatic carbocycles. The lowest BCUT2D eigenvalue weighted by atomic mass is 10.0. The second-order valence-corrected chi connectivity index (χ2v) is 11.3. The van der Waals surface area contributed by atoms with E-state index >= 15 is 0 Å². The van der Waals surface area contributed by atoms with Crippen molar-refractivity contribution in [2.24, 2.45) is 0 Å². The Bertz CT molecular complexity index is 666. The molecule has 0 N–H and O–H groups in total. The predicted molar refractivity (Wildman–Crippen MR) is 132 cm³/mol. The zero-order valence-electron chi connectivity index (χ0n) is 20.7. The van der Waals surface area contributed by atoms with Gasteiger partial charge in [0.05, 0.1) is 6.67 Å². The Hall–Kier alpha value is -1.34. The number of benzene rings is 1. The zero-order chi connectivity index (χ0) is 22.7. The fourth-order valence-electron chi connectivity index (χ4n) is 4.29. The fourth-order valence-corrected chi connectivity index (χ4v) is 7.08. The summed E-state index contributed by atoms with van der Waals surface area (Å²) >= 11 is 0. The van der Waals surface area contributed by atoms with E-state index in [-0.39, 0.29) is 5.54 Å². The number of rotatable bonds is 15. The van der Waals surface area contributed by atoms with E-state index in [1.165, 1.54) is 29.7 Å². The highest BCUT2D eigenvalue weighted by molar-refractivity contribution is 6.62. The monoisotopic (exact) mass is 448 g/mol. The van der Waals surface area contributed by atoms with Crippen LogP contribution in [0.3, 0.4) is 0 Å². The lowest BCUT2D eigenvalue weighted by Gasteiger charge is -2.34. The van der Waals surface area contributed by atoms with Crippen LogP contribution in [-0.2, 0) is 26.1 Å². The van der Waals surface area contributed by atoms with Gasteiger partial charge < -0.3 is 23.1 Å². The first-order valence-corrected chi connectivity index (χ1v) is 14.1. The lowest BCUT2D eigenvalue weighted by Crippen LogP contribution is -2.50. The smallest absolute Gasteiger partial charge is 0.374 e. The van der Waals surface area contributed by atoms with Crippen molar-refractivity contribution >= 4 is 14.5 Å². The SMILES string of the molecule is CCCc1ccc(N2C=CN(CCC(C)[Si](OCC)(OCC)OCC)C2)c(CCC)c1. The lowest BCUT2D eigenvalue weighted by molar-refractivity contribution is 0.0608. The van der Waals surface area contributed by atoms with E-state index in [4.69, 9.17) is 13.3 Å². The normalized spacial score (nSPS) is 15.2. The fraction of sp³-hybridized carbons (Fsp3) is 0.680. The first-order valence-electron chi connectivity index (χ1n) is 12.3. The highest BCUT2D eigenvalue weighted by Gasteiger charge is 2.46. The number of nitrogens with zero attached hydrogens (tertiary/aromatic N) is 2. The molecule has 0 saturated heterocycles. The van der Waals surface area contributed by atoms with Crippen LogP contribution in [-0.4, -0.2) is 46.7 Å². The van der Waals surface area contributed by atoms with E-state index < -0.39 is 8.80 Å². The Morgan fingerprint density at radius 1 is 0.903 bits per heavy atom. The van der Waals surface area contributed by atoms with Crippen LogP contribution < -0.4 is 4.90 Å². The van der Waals surface area contributed by atoms with Crippen molar-refractivity contribution in [2.75, 3.05) is 37.9 Å². The summed E-state index contributed by atoms with van der Waals surface area (Å²) in [5.74, 6) is 0. The van der Waals surface area contributed by atoms with Crippen LogP contribution in [0.1, 0.15) is 71.9 Å². The van der Waals surface area contributed by atoms with Crippen LogP contribution in [0, 0.1) is 0 Å². The van der Waals surface area contributed by atoms with Crippen LogP contribution in [0.15, 0.2) is 30.6 Å². The van der Waals surface area contributed by atoms with E-state index in [2.05, 4.69) is 61.2 Å². The minimum Gasteiger partial charge on any atom is -0.374 e. The second kappa shape index (κ2) is 13.3.